The van der Waals surface area contributed by atoms with Crippen LogP contribution in [-0.2, 0) is 0 Å². The van der Waals surface area contributed by atoms with Crippen LogP contribution in [0.3, 0.4) is 0 Å². The summed E-state index contributed by atoms with van der Waals surface area (Å²) in [5, 5.41) is 2.60. The first kappa shape index (κ1) is 15.6. The molecule has 0 saturated carbocycles. The van der Waals surface area contributed by atoms with Gasteiger partial charge in [-0.1, -0.05) is 75.7 Å². The minimum Gasteiger partial charge on any atom is -0.372 e. The summed E-state index contributed by atoms with van der Waals surface area (Å²) in [6.45, 7) is 11.1. The van der Waals surface area contributed by atoms with E-state index in [2.05, 4.69) is 67.8 Å². The van der Waals surface area contributed by atoms with Gasteiger partial charge in [-0.15, -0.1) is 0 Å². The molecule has 1 nitrogen and oxygen atoms in total. The number of nitrogens with zero attached hydrogens (tertiary/aromatic N) is 1. The van der Waals surface area contributed by atoms with Crippen LogP contribution in [0.5, 0.6) is 0 Å². The SMILES string of the molecule is C=C(c1cccc2ccccc12)N(CCCC)CCCC. The van der Waals surface area contributed by atoms with E-state index in [1.54, 1.807) is 0 Å². The lowest BCUT2D eigenvalue weighted by atomic mass is 10.0. The topological polar surface area (TPSA) is 3.24 Å². The molecule has 0 bridgehead atoms. The van der Waals surface area contributed by atoms with Gasteiger partial charge >= 0.3 is 0 Å². The van der Waals surface area contributed by atoms with Gasteiger partial charge in [-0.2, -0.15) is 0 Å². The zero-order valence-corrected chi connectivity index (χ0v) is 13.4. The summed E-state index contributed by atoms with van der Waals surface area (Å²) in [7, 11) is 0. The average molecular weight is 281 g/mol. The van der Waals surface area contributed by atoms with Crippen LogP contribution >= 0.6 is 0 Å². The van der Waals surface area contributed by atoms with Gasteiger partial charge in [0.15, 0.2) is 0 Å². The van der Waals surface area contributed by atoms with Crippen molar-refractivity contribution in [1.29, 1.82) is 0 Å². The standard InChI is InChI=1S/C20H27N/c1-4-6-15-21(16-7-5-2)17(3)19-14-10-12-18-11-8-9-13-20(18)19/h8-14H,3-7,15-16H2,1-2H3. The molecule has 0 aromatic heterocycles. The van der Waals surface area contributed by atoms with Gasteiger partial charge in [0.2, 0.25) is 0 Å². The molecule has 21 heavy (non-hydrogen) atoms. The molecule has 0 aliphatic rings. The third-order valence-electron chi connectivity index (χ3n) is 4.05. The van der Waals surface area contributed by atoms with Crippen LogP contribution in [0, 0.1) is 0 Å². The molecular formula is C20H27N. The molecule has 0 atom stereocenters. The van der Waals surface area contributed by atoms with Gasteiger partial charge in [0.1, 0.15) is 0 Å². The highest BCUT2D eigenvalue weighted by atomic mass is 15.1. The van der Waals surface area contributed by atoms with E-state index in [1.165, 1.54) is 47.7 Å². The van der Waals surface area contributed by atoms with Gasteiger partial charge in [0, 0.05) is 24.4 Å². The lowest BCUT2D eigenvalue weighted by Gasteiger charge is -2.27. The highest BCUT2D eigenvalue weighted by molar-refractivity contribution is 5.93. The quantitative estimate of drug-likeness (QED) is 0.598. The van der Waals surface area contributed by atoms with E-state index >= 15 is 0 Å². The monoisotopic (exact) mass is 281 g/mol. The Morgan fingerprint density at radius 3 is 2.19 bits per heavy atom. The summed E-state index contributed by atoms with van der Waals surface area (Å²) in [6, 6.07) is 15.1. The van der Waals surface area contributed by atoms with Gasteiger partial charge in [-0.3, -0.25) is 0 Å². The van der Waals surface area contributed by atoms with E-state index in [0.717, 1.165) is 13.1 Å². The Morgan fingerprint density at radius 2 is 1.52 bits per heavy atom. The fourth-order valence-electron chi connectivity index (χ4n) is 2.73. The summed E-state index contributed by atoms with van der Waals surface area (Å²) < 4.78 is 0. The summed E-state index contributed by atoms with van der Waals surface area (Å²) >= 11 is 0. The highest BCUT2D eigenvalue weighted by Gasteiger charge is 2.11. The van der Waals surface area contributed by atoms with Gasteiger partial charge in [0.25, 0.3) is 0 Å². The van der Waals surface area contributed by atoms with Crippen LogP contribution in [0.1, 0.15) is 45.1 Å². The van der Waals surface area contributed by atoms with Crippen LogP contribution in [0.25, 0.3) is 16.5 Å². The maximum Gasteiger partial charge on any atom is 0.0373 e. The van der Waals surface area contributed by atoms with Crippen LogP contribution in [0.2, 0.25) is 0 Å². The molecule has 0 aliphatic carbocycles. The number of benzene rings is 2. The van der Waals surface area contributed by atoms with E-state index in [-0.39, 0.29) is 0 Å². The zero-order chi connectivity index (χ0) is 15.1. The average Bonchev–Trinajstić information content (AvgIpc) is 2.54. The second-order valence-electron chi connectivity index (χ2n) is 5.67. The molecule has 0 aliphatic heterocycles. The van der Waals surface area contributed by atoms with Crippen molar-refractivity contribution in [2.75, 3.05) is 13.1 Å². The molecule has 0 spiro atoms. The van der Waals surface area contributed by atoms with Crippen molar-refractivity contribution >= 4 is 16.5 Å². The van der Waals surface area contributed by atoms with Gasteiger partial charge in [-0.05, 0) is 23.6 Å². The van der Waals surface area contributed by atoms with Crippen molar-refractivity contribution in [3.05, 3.63) is 54.6 Å². The molecule has 0 N–H and O–H groups in total. The highest BCUT2D eigenvalue weighted by Crippen LogP contribution is 2.27. The largest absolute Gasteiger partial charge is 0.372 e. The molecule has 2 aromatic rings. The van der Waals surface area contributed by atoms with Crippen molar-refractivity contribution in [3.63, 3.8) is 0 Å². The smallest absolute Gasteiger partial charge is 0.0373 e. The second kappa shape index (κ2) is 7.87. The Labute approximate surface area is 129 Å². The van der Waals surface area contributed by atoms with E-state index in [1.807, 2.05) is 0 Å². The van der Waals surface area contributed by atoms with Crippen LogP contribution in [0.15, 0.2) is 49.0 Å². The van der Waals surface area contributed by atoms with Gasteiger partial charge in [-0.25, -0.2) is 0 Å². The Kier molecular flexibility index (Phi) is 5.86. The van der Waals surface area contributed by atoms with E-state index in [0.29, 0.717) is 0 Å². The Bertz CT molecular complexity index is 572. The molecule has 0 amide bonds. The Morgan fingerprint density at radius 1 is 0.905 bits per heavy atom. The molecule has 0 saturated heterocycles. The molecule has 0 heterocycles. The summed E-state index contributed by atoms with van der Waals surface area (Å²) in [4.78, 5) is 2.47. The Balaban J connectivity index is 2.29. The number of fused-ring (bicyclic) bond motifs is 1. The van der Waals surface area contributed by atoms with E-state index in [4.69, 9.17) is 0 Å². The van der Waals surface area contributed by atoms with Crippen LogP contribution in [-0.4, -0.2) is 18.0 Å². The second-order valence-corrected chi connectivity index (χ2v) is 5.67. The molecule has 1 heteroatoms. The maximum atomic E-state index is 4.41. The van der Waals surface area contributed by atoms with Gasteiger partial charge < -0.3 is 4.90 Å². The first-order valence-electron chi connectivity index (χ1n) is 8.20. The lowest BCUT2D eigenvalue weighted by Crippen LogP contribution is -2.24. The molecule has 0 radical (unpaired) electrons. The zero-order valence-electron chi connectivity index (χ0n) is 13.4. The fourth-order valence-corrected chi connectivity index (χ4v) is 2.73. The molecular weight excluding hydrogens is 254 g/mol. The first-order valence-corrected chi connectivity index (χ1v) is 8.20. The molecule has 0 fully saturated rings. The minimum atomic E-state index is 1.11. The van der Waals surface area contributed by atoms with E-state index < -0.39 is 0 Å². The molecule has 112 valence electrons. The summed E-state index contributed by atoms with van der Waals surface area (Å²) in [6.07, 6.45) is 4.91. The summed E-state index contributed by atoms with van der Waals surface area (Å²) in [5.74, 6) is 0. The van der Waals surface area contributed by atoms with E-state index in [9.17, 15) is 0 Å². The predicted octanol–water partition coefficient (Wildman–Crippen LogP) is 5.71. The number of rotatable bonds is 8. The third-order valence-corrected chi connectivity index (χ3v) is 4.05. The van der Waals surface area contributed by atoms with Crippen molar-refractivity contribution in [3.8, 4) is 0 Å². The molecule has 0 unspecified atom stereocenters. The minimum absolute atomic E-state index is 1.11. The third kappa shape index (κ3) is 3.87. The number of hydrogen-bond donors (Lipinski definition) is 0. The fraction of sp³-hybridized carbons (Fsp3) is 0.400. The van der Waals surface area contributed by atoms with Crippen LogP contribution in [0.4, 0.5) is 0 Å². The van der Waals surface area contributed by atoms with Crippen molar-refractivity contribution in [1.82, 2.24) is 4.90 Å². The predicted molar refractivity (Wildman–Crippen MR) is 94.4 cm³/mol. The van der Waals surface area contributed by atoms with Crippen LogP contribution < -0.4 is 0 Å². The van der Waals surface area contributed by atoms with Crippen molar-refractivity contribution in [2.24, 2.45) is 0 Å². The van der Waals surface area contributed by atoms with Crippen molar-refractivity contribution < 1.29 is 0 Å². The molecule has 2 aromatic carbocycles. The normalized spacial score (nSPS) is 10.8. The number of hydrogen-bond acceptors (Lipinski definition) is 1. The van der Waals surface area contributed by atoms with Crippen molar-refractivity contribution in [2.45, 2.75) is 39.5 Å². The Hall–Kier alpha value is -1.76. The number of unbranched alkanes of at least 4 members (excludes halogenated alkanes) is 2. The first-order chi connectivity index (χ1) is 10.3. The van der Waals surface area contributed by atoms with Gasteiger partial charge in [0.05, 0.1) is 0 Å². The summed E-state index contributed by atoms with van der Waals surface area (Å²) in [5.41, 5.74) is 2.45. The lowest BCUT2D eigenvalue weighted by molar-refractivity contribution is 0.380. The molecule has 2 rings (SSSR count). The maximum absolute atomic E-state index is 4.41.